The van der Waals surface area contributed by atoms with Crippen molar-refractivity contribution in [1.29, 1.82) is 0 Å². The van der Waals surface area contributed by atoms with Gasteiger partial charge in [-0.1, -0.05) is 30.3 Å². The SMILES string of the molecule is CC(=O)Oc1ccccc1C(=O)O.c1ccc2[nH]ccc2c1. The zero-order valence-electron chi connectivity index (χ0n) is 11.9. The van der Waals surface area contributed by atoms with Crippen LogP contribution in [0.3, 0.4) is 0 Å². The Morgan fingerprint density at radius 3 is 2.36 bits per heavy atom. The number of hydrogen-bond acceptors (Lipinski definition) is 3. The standard InChI is InChI=1S/C9H8O4.C8H7N/c1-6(10)13-8-5-3-2-4-7(8)9(11)12;1-2-4-8-7(3-1)5-6-9-8/h2-5H,1H3,(H,11,12);1-6,9H. The van der Waals surface area contributed by atoms with Gasteiger partial charge in [-0.3, -0.25) is 4.79 Å². The van der Waals surface area contributed by atoms with Crippen LogP contribution in [-0.4, -0.2) is 22.0 Å². The molecule has 5 nitrogen and oxygen atoms in total. The number of carbonyl (C=O) groups is 2. The van der Waals surface area contributed by atoms with Crippen molar-refractivity contribution < 1.29 is 19.4 Å². The minimum absolute atomic E-state index is 0.0160. The van der Waals surface area contributed by atoms with Crippen LogP contribution in [0, 0.1) is 0 Å². The Balaban J connectivity index is 0.000000170. The molecule has 0 aliphatic rings. The number of carbonyl (C=O) groups excluding carboxylic acids is 1. The fourth-order valence-electron chi connectivity index (χ4n) is 1.88. The van der Waals surface area contributed by atoms with Crippen LogP contribution in [0.25, 0.3) is 10.9 Å². The maximum absolute atomic E-state index is 10.6. The third kappa shape index (κ3) is 3.96. The minimum atomic E-state index is -1.11. The second-order valence-electron chi connectivity index (χ2n) is 4.46. The number of nitrogens with one attached hydrogen (secondary N) is 1. The molecule has 1 heterocycles. The average molecular weight is 297 g/mol. The zero-order valence-corrected chi connectivity index (χ0v) is 11.9. The molecule has 0 saturated carbocycles. The summed E-state index contributed by atoms with van der Waals surface area (Å²) in [6.07, 6.45) is 1.95. The van der Waals surface area contributed by atoms with Crippen molar-refractivity contribution in [2.75, 3.05) is 0 Å². The van der Waals surface area contributed by atoms with E-state index in [1.807, 2.05) is 18.3 Å². The maximum Gasteiger partial charge on any atom is 0.339 e. The summed E-state index contributed by atoms with van der Waals surface area (Å²) >= 11 is 0. The molecular formula is C17H15NO4. The van der Waals surface area contributed by atoms with Crippen LogP contribution in [-0.2, 0) is 4.79 Å². The maximum atomic E-state index is 10.6. The third-order valence-corrected chi connectivity index (χ3v) is 2.83. The van der Waals surface area contributed by atoms with E-state index in [9.17, 15) is 9.59 Å². The molecule has 1 aromatic heterocycles. The number of rotatable bonds is 2. The van der Waals surface area contributed by atoms with Crippen LogP contribution in [0.4, 0.5) is 0 Å². The molecule has 0 fully saturated rings. The Morgan fingerprint density at radius 2 is 1.68 bits per heavy atom. The predicted molar refractivity (Wildman–Crippen MR) is 83.0 cm³/mol. The average Bonchev–Trinajstić information content (AvgIpc) is 2.96. The number of ether oxygens (including phenoxy) is 1. The molecule has 0 saturated heterocycles. The molecule has 0 radical (unpaired) electrons. The number of para-hydroxylation sites is 2. The van der Waals surface area contributed by atoms with Crippen molar-refractivity contribution in [3.8, 4) is 5.75 Å². The summed E-state index contributed by atoms with van der Waals surface area (Å²) in [5.74, 6) is -1.58. The number of carboxylic acid groups (broad SMARTS) is 1. The molecule has 2 aromatic carbocycles. The van der Waals surface area contributed by atoms with E-state index in [0.29, 0.717) is 0 Å². The van der Waals surface area contributed by atoms with Crippen LogP contribution in [0.2, 0.25) is 0 Å². The van der Waals surface area contributed by atoms with Gasteiger partial charge in [0.05, 0.1) is 0 Å². The highest BCUT2D eigenvalue weighted by Crippen LogP contribution is 2.17. The van der Waals surface area contributed by atoms with E-state index in [1.54, 1.807) is 12.1 Å². The molecule has 2 N–H and O–H groups in total. The van der Waals surface area contributed by atoms with Crippen molar-refractivity contribution in [2.24, 2.45) is 0 Å². The summed E-state index contributed by atoms with van der Waals surface area (Å²) in [6, 6.07) is 16.3. The topological polar surface area (TPSA) is 79.4 Å². The summed E-state index contributed by atoms with van der Waals surface area (Å²) in [5, 5.41) is 9.96. The van der Waals surface area contributed by atoms with E-state index in [2.05, 4.69) is 27.9 Å². The second-order valence-corrected chi connectivity index (χ2v) is 4.46. The fraction of sp³-hybridized carbons (Fsp3) is 0.0588. The van der Waals surface area contributed by atoms with Crippen LogP contribution in [0.5, 0.6) is 5.75 Å². The van der Waals surface area contributed by atoms with E-state index >= 15 is 0 Å². The van der Waals surface area contributed by atoms with Gasteiger partial charge in [-0.25, -0.2) is 4.79 Å². The lowest BCUT2D eigenvalue weighted by molar-refractivity contribution is -0.131. The van der Waals surface area contributed by atoms with Gasteiger partial charge in [-0.15, -0.1) is 0 Å². The molecule has 112 valence electrons. The molecule has 5 heteroatoms. The highest BCUT2D eigenvalue weighted by Gasteiger charge is 2.10. The van der Waals surface area contributed by atoms with E-state index in [0.717, 1.165) is 0 Å². The van der Waals surface area contributed by atoms with Gasteiger partial charge >= 0.3 is 11.9 Å². The lowest BCUT2D eigenvalue weighted by atomic mass is 10.2. The van der Waals surface area contributed by atoms with E-state index in [1.165, 1.54) is 30.0 Å². The third-order valence-electron chi connectivity index (χ3n) is 2.83. The van der Waals surface area contributed by atoms with E-state index in [4.69, 9.17) is 5.11 Å². The number of esters is 1. The molecule has 0 amide bonds. The lowest BCUT2D eigenvalue weighted by Crippen LogP contribution is -2.06. The van der Waals surface area contributed by atoms with Crippen LogP contribution < -0.4 is 4.74 Å². The Morgan fingerprint density at radius 1 is 1.00 bits per heavy atom. The van der Waals surface area contributed by atoms with Crippen LogP contribution in [0.15, 0.2) is 60.8 Å². The molecule has 0 aliphatic carbocycles. The highest BCUT2D eigenvalue weighted by molar-refractivity contribution is 5.91. The molecule has 0 bridgehead atoms. The molecule has 0 aliphatic heterocycles. The zero-order chi connectivity index (χ0) is 15.9. The predicted octanol–water partition coefficient (Wildman–Crippen LogP) is 3.48. The van der Waals surface area contributed by atoms with Crippen molar-refractivity contribution in [3.63, 3.8) is 0 Å². The summed E-state index contributed by atoms with van der Waals surface area (Å²) in [6.45, 7) is 1.22. The first-order chi connectivity index (χ1) is 10.6. The minimum Gasteiger partial charge on any atom is -0.478 e. The van der Waals surface area contributed by atoms with Crippen molar-refractivity contribution in [2.45, 2.75) is 6.92 Å². The summed E-state index contributed by atoms with van der Waals surface area (Å²) in [5.41, 5.74) is 1.19. The van der Waals surface area contributed by atoms with Crippen LogP contribution in [0.1, 0.15) is 17.3 Å². The van der Waals surface area contributed by atoms with Gasteiger partial charge in [-0.05, 0) is 29.7 Å². The first-order valence-corrected chi connectivity index (χ1v) is 6.61. The quantitative estimate of drug-likeness (QED) is 0.560. The Labute approximate surface area is 127 Å². The Bertz CT molecular complexity index is 762. The van der Waals surface area contributed by atoms with Gasteiger partial charge in [0.1, 0.15) is 11.3 Å². The smallest absolute Gasteiger partial charge is 0.339 e. The Kier molecular flexibility index (Phi) is 4.93. The number of fused-ring (bicyclic) bond motifs is 1. The number of aromatic amines is 1. The number of aromatic carboxylic acids is 1. The van der Waals surface area contributed by atoms with Crippen molar-refractivity contribution in [1.82, 2.24) is 4.98 Å². The molecule has 22 heavy (non-hydrogen) atoms. The van der Waals surface area contributed by atoms with Gasteiger partial charge in [0.15, 0.2) is 0 Å². The van der Waals surface area contributed by atoms with Gasteiger partial charge in [0.2, 0.25) is 0 Å². The Hall–Kier alpha value is -3.08. The number of carboxylic acids is 1. The molecule has 0 unspecified atom stereocenters. The summed E-state index contributed by atoms with van der Waals surface area (Å²) in [4.78, 5) is 24.3. The molecule has 0 spiro atoms. The van der Waals surface area contributed by atoms with Crippen molar-refractivity contribution >= 4 is 22.8 Å². The number of benzene rings is 2. The van der Waals surface area contributed by atoms with Crippen molar-refractivity contribution in [3.05, 3.63) is 66.4 Å². The number of H-pyrrole nitrogens is 1. The van der Waals surface area contributed by atoms with Gasteiger partial charge in [-0.2, -0.15) is 0 Å². The van der Waals surface area contributed by atoms with Crippen LogP contribution >= 0.6 is 0 Å². The summed E-state index contributed by atoms with van der Waals surface area (Å²) in [7, 11) is 0. The van der Waals surface area contributed by atoms with Gasteiger partial charge in [0, 0.05) is 18.6 Å². The first kappa shape index (κ1) is 15.3. The van der Waals surface area contributed by atoms with Gasteiger partial charge in [0.25, 0.3) is 0 Å². The second kappa shape index (κ2) is 7.08. The van der Waals surface area contributed by atoms with Gasteiger partial charge < -0.3 is 14.8 Å². The normalized spacial score (nSPS) is 9.68. The number of aromatic nitrogens is 1. The largest absolute Gasteiger partial charge is 0.478 e. The molecule has 0 atom stereocenters. The molecule has 3 rings (SSSR count). The number of hydrogen-bond donors (Lipinski definition) is 2. The highest BCUT2D eigenvalue weighted by atomic mass is 16.5. The molecule has 3 aromatic rings. The summed E-state index contributed by atoms with van der Waals surface area (Å²) < 4.78 is 4.69. The monoisotopic (exact) mass is 297 g/mol. The van der Waals surface area contributed by atoms with E-state index < -0.39 is 11.9 Å². The first-order valence-electron chi connectivity index (χ1n) is 6.61. The molecular weight excluding hydrogens is 282 g/mol. The fourth-order valence-corrected chi connectivity index (χ4v) is 1.88. The lowest BCUT2D eigenvalue weighted by Gasteiger charge is -2.03. The van der Waals surface area contributed by atoms with E-state index in [-0.39, 0.29) is 11.3 Å².